The molecule has 110 valence electrons. The lowest BCUT2D eigenvalue weighted by molar-refractivity contribution is 0.422. The average Bonchev–Trinajstić information content (AvgIpc) is 2.44. The minimum absolute atomic E-state index is 0.505. The molecule has 0 aromatic heterocycles. The summed E-state index contributed by atoms with van der Waals surface area (Å²) < 4.78 is 0. The van der Waals surface area contributed by atoms with E-state index in [4.69, 9.17) is 4.99 Å². The minimum atomic E-state index is 0.505. The molecule has 0 saturated heterocycles. The molecule has 0 radical (unpaired) electrons. The van der Waals surface area contributed by atoms with Crippen molar-refractivity contribution in [3.05, 3.63) is 54.3 Å². The van der Waals surface area contributed by atoms with Gasteiger partial charge in [0.15, 0.2) is 0 Å². The Labute approximate surface area is 127 Å². The standard InChI is InChI=1S/C18H23N3/c1-6-7-10-21(5)12-18-19-14(4)16-11-15(13(2)3)8-9-17(16)20-18/h7-9,11,13H,1,4,10,12H2,2-3,5H3,(H,19,20). The predicted molar refractivity (Wildman–Crippen MR) is 91.0 cm³/mol. The van der Waals surface area contributed by atoms with Crippen LogP contribution in [-0.4, -0.2) is 30.9 Å². The van der Waals surface area contributed by atoms with E-state index in [0.717, 1.165) is 35.9 Å². The van der Waals surface area contributed by atoms with Crippen molar-refractivity contribution < 1.29 is 0 Å². The Kier molecular flexibility index (Phi) is 4.79. The maximum atomic E-state index is 4.70. The van der Waals surface area contributed by atoms with E-state index in [9.17, 15) is 0 Å². The Morgan fingerprint density at radius 3 is 2.86 bits per heavy atom. The van der Waals surface area contributed by atoms with E-state index in [-0.39, 0.29) is 0 Å². The first-order valence-corrected chi connectivity index (χ1v) is 7.22. The molecule has 1 aromatic rings. The number of benzene rings is 1. The van der Waals surface area contributed by atoms with Crippen molar-refractivity contribution in [1.82, 2.24) is 10.2 Å². The van der Waals surface area contributed by atoms with Crippen LogP contribution < -0.4 is 5.32 Å². The van der Waals surface area contributed by atoms with Crippen molar-refractivity contribution in [3.8, 4) is 0 Å². The highest BCUT2D eigenvalue weighted by atomic mass is 15.2. The Balaban J connectivity index is 2.21. The zero-order valence-electron chi connectivity index (χ0n) is 13.1. The molecule has 0 bridgehead atoms. The highest BCUT2D eigenvalue weighted by Gasteiger charge is 2.16. The molecule has 0 spiro atoms. The number of likely N-dealkylation sites (N-methyl/N-ethyl adjacent to an activating group) is 1. The molecule has 3 nitrogen and oxygen atoms in total. The SMILES string of the molecule is C=C=CCN(C)CC1=Nc2ccc(C(C)C)cc2C(=C)N1. The van der Waals surface area contributed by atoms with Crippen molar-refractivity contribution in [3.63, 3.8) is 0 Å². The van der Waals surface area contributed by atoms with Crippen molar-refractivity contribution in [1.29, 1.82) is 0 Å². The molecular weight excluding hydrogens is 258 g/mol. The molecule has 0 saturated carbocycles. The van der Waals surface area contributed by atoms with Gasteiger partial charge < -0.3 is 5.32 Å². The number of nitrogens with zero attached hydrogens (tertiary/aromatic N) is 2. The van der Waals surface area contributed by atoms with Gasteiger partial charge in [-0.2, -0.15) is 0 Å². The van der Waals surface area contributed by atoms with E-state index >= 15 is 0 Å². The fourth-order valence-corrected chi connectivity index (χ4v) is 2.28. The number of aliphatic imine (C=N–C) groups is 1. The van der Waals surface area contributed by atoms with Gasteiger partial charge in [0.25, 0.3) is 0 Å². The van der Waals surface area contributed by atoms with E-state index in [1.165, 1.54) is 5.56 Å². The molecule has 0 atom stereocenters. The van der Waals surface area contributed by atoms with Crippen LogP contribution in [0.5, 0.6) is 0 Å². The van der Waals surface area contributed by atoms with Crippen LogP contribution in [0.15, 0.2) is 48.2 Å². The van der Waals surface area contributed by atoms with Crippen molar-refractivity contribution in [2.24, 2.45) is 4.99 Å². The molecule has 1 aromatic carbocycles. The molecule has 1 aliphatic rings. The third-order valence-electron chi connectivity index (χ3n) is 3.53. The van der Waals surface area contributed by atoms with Gasteiger partial charge in [-0.05, 0) is 36.7 Å². The van der Waals surface area contributed by atoms with Gasteiger partial charge in [-0.15, -0.1) is 5.73 Å². The summed E-state index contributed by atoms with van der Waals surface area (Å²) in [5.74, 6) is 1.43. The van der Waals surface area contributed by atoms with Crippen molar-refractivity contribution >= 4 is 17.2 Å². The first kappa shape index (κ1) is 15.3. The second kappa shape index (κ2) is 6.57. The van der Waals surface area contributed by atoms with Crippen LogP contribution in [0.4, 0.5) is 5.69 Å². The number of amidine groups is 1. The summed E-state index contributed by atoms with van der Waals surface area (Å²) in [6, 6.07) is 6.41. The van der Waals surface area contributed by atoms with E-state index in [2.05, 4.69) is 61.2 Å². The third kappa shape index (κ3) is 3.72. The van der Waals surface area contributed by atoms with Gasteiger partial charge in [0.05, 0.1) is 12.2 Å². The zero-order chi connectivity index (χ0) is 15.4. The number of nitrogens with one attached hydrogen (secondary N) is 1. The average molecular weight is 281 g/mol. The Morgan fingerprint density at radius 2 is 2.19 bits per heavy atom. The van der Waals surface area contributed by atoms with Crippen LogP contribution in [-0.2, 0) is 0 Å². The summed E-state index contributed by atoms with van der Waals surface area (Å²) in [5, 5.41) is 3.31. The summed E-state index contributed by atoms with van der Waals surface area (Å²) in [7, 11) is 2.04. The second-order valence-corrected chi connectivity index (χ2v) is 5.70. The summed E-state index contributed by atoms with van der Waals surface area (Å²) in [6.07, 6.45) is 1.90. The van der Waals surface area contributed by atoms with Crippen molar-refractivity contribution in [2.45, 2.75) is 19.8 Å². The summed E-state index contributed by atoms with van der Waals surface area (Å²) >= 11 is 0. The fourth-order valence-electron chi connectivity index (χ4n) is 2.28. The van der Waals surface area contributed by atoms with Crippen LogP contribution in [0, 0.1) is 0 Å². The highest BCUT2D eigenvalue weighted by molar-refractivity contribution is 5.98. The first-order valence-electron chi connectivity index (χ1n) is 7.22. The number of rotatable bonds is 5. The maximum absolute atomic E-state index is 4.70. The molecule has 0 amide bonds. The normalized spacial score (nSPS) is 13.6. The monoisotopic (exact) mass is 281 g/mol. The largest absolute Gasteiger partial charge is 0.343 e. The van der Waals surface area contributed by atoms with Crippen LogP contribution in [0.2, 0.25) is 0 Å². The van der Waals surface area contributed by atoms with E-state index in [1.54, 1.807) is 0 Å². The van der Waals surface area contributed by atoms with Crippen LogP contribution in [0.3, 0.4) is 0 Å². The molecule has 0 unspecified atom stereocenters. The molecule has 0 aliphatic carbocycles. The van der Waals surface area contributed by atoms with Crippen LogP contribution in [0.25, 0.3) is 5.70 Å². The lowest BCUT2D eigenvalue weighted by Gasteiger charge is -2.24. The van der Waals surface area contributed by atoms with E-state index in [1.807, 2.05) is 13.1 Å². The highest BCUT2D eigenvalue weighted by Crippen LogP contribution is 2.31. The van der Waals surface area contributed by atoms with Gasteiger partial charge in [0, 0.05) is 17.8 Å². The molecule has 1 aliphatic heterocycles. The predicted octanol–water partition coefficient (Wildman–Crippen LogP) is 3.69. The Hall–Kier alpha value is -2.09. The maximum Gasteiger partial charge on any atom is 0.121 e. The van der Waals surface area contributed by atoms with Crippen LogP contribution >= 0.6 is 0 Å². The van der Waals surface area contributed by atoms with Gasteiger partial charge in [-0.3, -0.25) is 4.90 Å². The number of hydrogen-bond donors (Lipinski definition) is 1. The topological polar surface area (TPSA) is 27.6 Å². The minimum Gasteiger partial charge on any atom is -0.343 e. The van der Waals surface area contributed by atoms with Gasteiger partial charge >= 0.3 is 0 Å². The van der Waals surface area contributed by atoms with Gasteiger partial charge in [-0.1, -0.05) is 33.1 Å². The summed E-state index contributed by atoms with van der Waals surface area (Å²) in [5.41, 5.74) is 7.10. The Morgan fingerprint density at radius 1 is 1.43 bits per heavy atom. The van der Waals surface area contributed by atoms with Gasteiger partial charge in [-0.25, -0.2) is 4.99 Å². The van der Waals surface area contributed by atoms with E-state index < -0.39 is 0 Å². The van der Waals surface area contributed by atoms with Crippen molar-refractivity contribution in [2.75, 3.05) is 20.1 Å². The third-order valence-corrected chi connectivity index (χ3v) is 3.53. The Bertz CT molecular complexity index is 619. The molecule has 1 N–H and O–H groups in total. The fraction of sp³-hybridized carbons (Fsp3) is 0.333. The molecule has 21 heavy (non-hydrogen) atoms. The lowest BCUT2D eigenvalue weighted by atomic mass is 9.98. The molecule has 0 fully saturated rings. The van der Waals surface area contributed by atoms with E-state index in [0.29, 0.717) is 5.92 Å². The quantitative estimate of drug-likeness (QED) is 0.834. The molecule has 3 heteroatoms. The zero-order valence-corrected chi connectivity index (χ0v) is 13.1. The smallest absolute Gasteiger partial charge is 0.121 e. The second-order valence-electron chi connectivity index (χ2n) is 5.70. The number of fused-ring (bicyclic) bond motifs is 1. The van der Waals surface area contributed by atoms with Gasteiger partial charge in [0.2, 0.25) is 0 Å². The lowest BCUT2D eigenvalue weighted by Crippen LogP contribution is -2.35. The summed E-state index contributed by atoms with van der Waals surface area (Å²) in [4.78, 5) is 6.84. The van der Waals surface area contributed by atoms with Gasteiger partial charge in [0.1, 0.15) is 5.84 Å². The first-order chi connectivity index (χ1) is 10.0. The molecular formula is C18H23N3. The number of hydrogen-bond acceptors (Lipinski definition) is 3. The molecule has 1 heterocycles. The van der Waals surface area contributed by atoms with Crippen LogP contribution in [0.1, 0.15) is 30.9 Å². The summed E-state index contributed by atoms with van der Waals surface area (Å²) in [6.45, 7) is 13.6. The molecule has 2 rings (SSSR count).